The van der Waals surface area contributed by atoms with Crippen molar-refractivity contribution in [3.63, 3.8) is 0 Å². The van der Waals surface area contributed by atoms with E-state index < -0.39 is 11.7 Å². The van der Waals surface area contributed by atoms with Crippen LogP contribution in [0.4, 0.5) is 10.1 Å². The Hall–Kier alpha value is -1.96. The van der Waals surface area contributed by atoms with E-state index in [1.165, 1.54) is 11.6 Å². The number of benzene rings is 2. The Morgan fingerprint density at radius 2 is 1.78 bits per heavy atom. The van der Waals surface area contributed by atoms with Gasteiger partial charge in [0.15, 0.2) is 0 Å². The number of nitrogens with zero attached hydrogens (tertiary/aromatic N) is 2. The zero-order valence-corrected chi connectivity index (χ0v) is 16.7. The Kier molecular flexibility index (Phi) is 6.82. The van der Waals surface area contributed by atoms with E-state index in [9.17, 15) is 9.18 Å². The van der Waals surface area contributed by atoms with Crippen LogP contribution in [0.5, 0.6) is 0 Å². The summed E-state index contributed by atoms with van der Waals surface area (Å²) in [6.45, 7) is 6.44. The van der Waals surface area contributed by atoms with Crippen molar-refractivity contribution < 1.29 is 9.18 Å². The Bertz CT molecular complexity index is 779. The second kappa shape index (κ2) is 9.30. The van der Waals surface area contributed by atoms with Gasteiger partial charge in [-0.1, -0.05) is 46.3 Å². The van der Waals surface area contributed by atoms with Crippen molar-refractivity contribution >= 4 is 27.5 Å². The van der Waals surface area contributed by atoms with Crippen LogP contribution in [0, 0.1) is 5.82 Å². The molecule has 1 aliphatic heterocycles. The van der Waals surface area contributed by atoms with Crippen molar-refractivity contribution in [2.24, 2.45) is 5.73 Å². The monoisotopic (exact) mass is 434 g/mol. The minimum Gasteiger partial charge on any atom is -0.383 e. The number of amides is 1. The number of hydrogen-bond acceptors (Lipinski definition) is 4. The average Bonchev–Trinajstić information content (AvgIpc) is 2.63. The van der Waals surface area contributed by atoms with Gasteiger partial charge in [-0.05, 0) is 17.7 Å². The van der Waals surface area contributed by atoms with Gasteiger partial charge in [0.1, 0.15) is 5.82 Å². The van der Waals surface area contributed by atoms with Crippen LogP contribution in [-0.4, -0.2) is 55.0 Å². The van der Waals surface area contributed by atoms with Gasteiger partial charge in [-0.2, -0.15) is 0 Å². The van der Waals surface area contributed by atoms with Crippen molar-refractivity contribution in [2.45, 2.75) is 6.54 Å². The first kappa shape index (κ1) is 19.8. The number of nitrogens with one attached hydrogen (secondary N) is 1. The summed E-state index contributed by atoms with van der Waals surface area (Å²) in [5.41, 5.74) is 6.98. The van der Waals surface area contributed by atoms with E-state index in [1.807, 2.05) is 6.07 Å². The van der Waals surface area contributed by atoms with E-state index in [-0.39, 0.29) is 5.56 Å². The molecule has 0 bridgehead atoms. The summed E-state index contributed by atoms with van der Waals surface area (Å²) in [6.07, 6.45) is 0. The summed E-state index contributed by atoms with van der Waals surface area (Å²) in [7, 11) is 0. The highest BCUT2D eigenvalue weighted by Crippen LogP contribution is 2.24. The molecule has 0 spiro atoms. The first-order chi connectivity index (χ1) is 13.0. The van der Waals surface area contributed by atoms with Crippen molar-refractivity contribution in [3.05, 3.63) is 63.9 Å². The van der Waals surface area contributed by atoms with Gasteiger partial charge in [0.2, 0.25) is 0 Å². The second-order valence-corrected chi connectivity index (χ2v) is 7.62. The molecule has 3 rings (SSSR count). The number of primary amides is 1. The van der Waals surface area contributed by atoms with Crippen molar-refractivity contribution in [1.29, 1.82) is 0 Å². The summed E-state index contributed by atoms with van der Waals surface area (Å²) >= 11 is 3.25. The molecule has 27 heavy (non-hydrogen) atoms. The van der Waals surface area contributed by atoms with E-state index in [0.717, 1.165) is 39.3 Å². The van der Waals surface area contributed by atoms with E-state index in [2.05, 4.69) is 55.3 Å². The predicted octanol–water partition coefficient (Wildman–Crippen LogP) is 2.92. The summed E-state index contributed by atoms with van der Waals surface area (Å²) in [6, 6.07) is 13.4. The Labute approximate surface area is 167 Å². The average molecular weight is 435 g/mol. The minimum atomic E-state index is -0.767. The molecule has 1 amide bonds. The van der Waals surface area contributed by atoms with Gasteiger partial charge in [-0.25, -0.2) is 4.39 Å². The molecule has 144 valence electrons. The number of carbonyl (C=O) groups is 1. The third kappa shape index (κ3) is 5.51. The number of hydrogen-bond donors (Lipinski definition) is 2. The van der Waals surface area contributed by atoms with E-state index in [1.54, 1.807) is 6.07 Å². The molecule has 2 aromatic rings. The smallest absolute Gasteiger partial charge is 0.253 e. The molecule has 1 heterocycles. The molecule has 0 aromatic heterocycles. The molecule has 1 saturated heterocycles. The molecule has 0 radical (unpaired) electrons. The zero-order valence-electron chi connectivity index (χ0n) is 15.1. The number of nitrogens with two attached hydrogens (primary N) is 1. The fourth-order valence-electron chi connectivity index (χ4n) is 3.32. The van der Waals surface area contributed by atoms with Crippen molar-refractivity contribution in [1.82, 2.24) is 9.80 Å². The molecule has 5 nitrogen and oxygen atoms in total. The van der Waals surface area contributed by atoms with Crippen molar-refractivity contribution in [3.8, 4) is 0 Å². The molecule has 0 aliphatic carbocycles. The summed E-state index contributed by atoms with van der Waals surface area (Å²) in [4.78, 5) is 16.3. The Morgan fingerprint density at radius 1 is 1.11 bits per heavy atom. The maximum absolute atomic E-state index is 14.0. The van der Waals surface area contributed by atoms with E-state index in [4.69, 9.17) is 5.73 Å². The van der Waals surface area contributed by atoms with Gasteiger partial charge < -0.3 is 11.1 Å². The number of rotatable bonds is 7. The molecular formula is C20H24BrFN4O. The quantitative estimate of drug-likeness (QED) is 0.702. The van der Waals surface area contributed by atoms with Gasteiger partial charge in [0.05, 0.1) is 11.3 Å². The first-order valence-electron chi connectivity index (χ1n) is 9.04. The van der Waals surface area contributed by atoms with Crippen LogP contribution in [0.2, 0.25) is 0 Å². The third-order valence-electron chi connectivity index (χ3n) is 4.76. The topological polar surface area (TPSA) is 61.6 Å². The van der Waals surface area contributed by atoms with Crippen LogP contribution in [0.3, 0.4) is 0 Å². The molecule has 3 N–H and O–H groups in total. The zero-order chi connectivity index (χ0) is 19.2. The molecule has 1 fully saturated rings. The number of anilines is 1. The molecule has 1 aliphatic rings. The summed E-state index contributed by atoms with van der Waals surface area (Å²) in [5, 5.41) is 3.15. The lowest BCUT2D eigenvalue weighted by Crippen LogP contribution is -2.47. The molecule has 0 unspecified atom stereocenters. The standard InChI is InChI=1S/C20H24BrFN4O/c21-16-12-17(22)19(20(23)27)18(13-16)24-6-7-25-8-10-26(11-9-25)14-15-4-2-1-3-5-15/h1-5,12-13,24H,6-11,14H2,(H2,23,27). The molecule has 0 saturated carbocycles. The highest BCUT2D eigenvalue weighted by molar-refractivity contribution is 9.10. The lowest BCUT2D eigenvalue weighted by atomic mass is 10.1. The van der Waals surface area contributed by atoms with Crippen LogP contribution in [0.15, 0.2) is 46.9 Å². The first-order valence-corrected chi connectivity index (χ1v) is 9.83. The Balaban J connectivity index is 1.46. The number of piperazine rings is 1. The minimum absolute atomic E-state index is 0.0918. The third-order valence-corrected chi connectivity index (χ3v) is 5.22. The van der Waals surface area contributed by atoms with Crippen LogP contribution in [-0.2, 0) is 6.54 Å². The maximum Gasteiger partial charge on any atom is 0.253 e. The molecule has 0 atom stereocenters. The van der Waals surface area contributed by atoms with Crippen LogP contribution in [0.25, 0.3) is 0 Å². The highest BCUT2D eigenvalue weighted by atomic mass is 79.9. The second-order valence-electron chi connectivity index (χ2n) is 6.70. The molecular weight excluding hydrogens is 411 g/mol. The van der Waals surface area contributed by atoms with Gasteiger partial charge in [-0.15, -0.1) is 0 Å². The fraction of sp³-hybridized carbons (Fsp3) is 0.350. The lowest BCUT2D eigenvalue weighted by molar-refractivity contribution is 0.0997. The maximum atomic E-state index is 14.0. The summed E-state index contributed by atoms with van der Waals surface area (Å²) in [5.74, 6) is -1.38. The predicted molar refractivity (Wildman–Crippen MR) is 109 cm³/mol. The van der Waals surface area contributed by atoms with Crippen LogP contribution < -0.4 is 11.1 Å². The van der Waals surface area contributed by atoms with Gasteiger partial charge in [0.25, 0.3) is 5.91 Å². The van der Waals surface area contributed by atoms with Crippen molar-refractivity contribution in [2.75, 3.05) is 44.6 Å². The van der Waals surface area contributed by atoms with Gasteiger partial charge in [0, 0.05) is 50.3 Å². The van der Waals surface area contributed by atoms with Gasteiger partial charge in [-0.3, -0.25) is 14.6 Å². The largest absolute Gasteiger partial charge is 0.383 e. The van der Waals surface area contributed by atoms with Crippen LogP contribution >= 0.6 is 15.9 Å². The van der Waals surface area contributed by atoms with E-state index in [0.29, 0.717) is 16.7 Å². The Morgan fingerprint density at radius 3 is 2.44 bits per heavy atom. The number of carbonyl (C=O) groups excluding carboxylic acids is 1. The van der Waals surface area contributed by atoms with Crippen LogP contribution in [0.1, 0.15) is 15.9 Å². The SMILES string of the molecule is NC(=O)c1c(F)cc(Br)cc1NCCN1CCN(Cc2ccccc2)CC1. The van der Waals surface area contributed by atoms with E-state index >= 15 is 0 Å². The highest BCUT2D eigenvalue weighted by Gasteiger charge is 2.18. The fourth-order valence-corrected chi connectivity index (χ4v) is 3.75. The lowest BCUT2D eigenvalue weighted by Gasteiger charge is -2.34. The molecule has 7 heteroatoms. The molecule has 2 aromatic carbocycles. The summed E-state index contributed by atoms with van der Waals surface area (Å²) < 4.78 is 14.6. The normalized spacial score (nSPS) is 15.6. The number of halogens is 2. The van der Waals surface area contributed by atoms with Gasteiger partial charge >= 0.3 is 0 Å².